The molecule has 0 N–H and O–H groups in total. The van der Waals surface area contributed by atoms with Crippen LogP contribution in [-0.2, 0) is 17.8 Å². The van der Waals surface area contributed by atoms with Crippen LogP contribution in [0.25, 0.3) is 0 Å². The Balaban J connectivity index is 1.63. The number of hydrogen-bond acceptors (Lipinski definition) is 4. The first-order chi connectivity index (χ1) is 13.6. The van der Waals surface area contributed by atoms with E-state index in [0.717, 1.165) is 16.9 Å². The maximum atomic E-state index is 12.9. The van der Waals surface area contributed by atoms with Gasteiger partial charge in [-0.3, -0.25) is 4.79 Å². The van der Waals surface area contributed by atoms with E-state index in [1.54, 1.807) is 19.2 Å². The lowest BCUT2D eigenvalue weighted by Crippen LogP contribution is -2.42. The summed E-state index contributed by atoms with van der Waals surface area (Å²) in [6.45, 7) is 2.69. The fourth-order valence-corrected chi connectivity index (χ4v) is 3.24. The van der Waals surface area contributed by atoms with E-state index in [0.29, 0.717) is 24.6 Å². The van der Waals surface area contributed by atoms with Crippen LogP contribution in [0.1, 0.15) is 30.9 Å². The second-order valence-electron chi connectivity index (χ2n) is 7.22. The highest BCUT2D eigenvalue weighted by atomic mass is 16.5. The molecule has 1 fully saturated rings. The Kier molecular flexibility index (Phi) is 6.54. The van der Waals surface area contributed by atoms with Crippen LogP contribution in [0.4, 0.5) is 0 Å². The maximum absolute atomic E-state index is 12.9. The van der Waals surface area contributed by atoms with Gasteiger partial charge in [-0.15, -0.1) is 0 Å². The fourth-order valence-electron chi connectivity index (χ4n) is 3.24. The van der Waals surface area contributed by atoms with Crippen molar-refractivity contribution in [2.75, 3.05) is 13.7 Å². The molecule has 1 amide bonds. The number of carbonyl (C=O) groups is 1. The van der Waals surface area contributed by atoms with Crippen molar-refractivity contribution in [2.45, 2.75) is 38.8 Å². The normalized spacial score (nSPS) is 14.0. The fraction of sp³-hybridized carbons (Fsp3) is 0.391. The number of nitriles is 1. The molecule has 1 aliphatic carbocycles. The molecule has 1 atom stereocenters. The molecular weight excluding hydrogens is 352 g/mol. The van der Waals surface area contributed by atoms with Gasteiger partial charge in [0, 0.05) is 12.6 Å². The molecule has 2 aromatic rings. The second kappa shape index (κ2) is 9.27. The largest absolute Gasteiger partial charge is 0.497 e. The molecule has 146 valence electrons. The van der Waals surface area contributed by atoms with E-state index in [-0.39, 0.29) is 18.6 Å². The van der Waals surface area contributed by atoms with E-state index in [1.165, 1.54) is 12.8 Å². The minimum absolute atomic E-state index is 0.00477. The summed E-state index contributed by atoms with van der Waals surface area (Å²) in [7, 11) is 1.64. The Hall–Kier alpha value is -3.00. The van der Waals surface area contributed by atoms with Crippen LogP contribution in [0.5, 0.6) is 11.5 Å². The average molecular weight is 378 g/mol. The third-order valence-corrected chi connectivity index (χ3v) is 5.20. The number of amides is 1. The van der Waals surface area contributed by atoms with Gasteiger partial charge in [0.15, 0.2) is 6.61 Å². The van der Waals surface area contributed by atoms with Crippen LogP contribution >= 0.6 is 0 Å². The topological polar surface area (TPSA) is 62.6 Å². The third-order valence-electron chi connectivity index (χ3n) is 5.20. The van der Waals surface area contributed by atoms with Crippen LogP contribution in [-0.4, -0.2) is 30.6 Å². The molecule has 0 unspecified atom stereocenters. The summed E-state index contributed by atoms with van der Waals surface area (Å²) < 4.78 is 10.9. The summed E-state index contributed by atoms with van der Waals surface area (Å²) >= 11 is 0. The summed E-state index contributed by atoms with van der Waals surface area (Å²) in [6, 6.07) is 17.4. The molecule has 3 rings (SSSR count). The third kappa shape index (κ3) is 5.26. The molecule has 0 bridgehead atoms. The van der Waals surface area contributed by atoms with Gasteiger partial charge in [0.25, 0.3) is 5.91 Å². The Labute approximate surface area is 166 Å². The van der Waals surface area contributed by atoms with Crippen molar-refractivity contribution < 1.29 is 14.3 Å². The molecule has 0 radical (unpaired) electrons. The van der Waals surface area contributed by atoms with Crippen LogP contribution in [0.2, 0.25) is 0 Å². The van der Waals surface area contributed by atoms with Gasteiger partial charge in [0.2, 0.25) is 0 Å². The molecule has 0 heterocycles. The lowest BCUT2D eigenvalue weighted by molar-refractivity contribution is -0.136. The van der Waals surface area contributed by atoms with Crippen molar-refractivity contribution in [1.82, 2.24) is 4.90 Å². The van der Waals surface area contributed by atoms with Crippen LogP contribution in [0.3, 0.4) is 0 Å². The molecule has 2 aromatic carbocycles. The number of carbonyl (C=O) groups excluding carboxylic acids is 1. The monoisotopic (exact) mass is 378 g/mol. The first-order valence-corrected chi connectivity index (χ1v) is 9.62. The number of rotatable bonds is 9. The summed E-state index contributed by atoms with van der Waals surface area (Å²) in [5.74, 6) is 2.00. The molecule has 1 aliphatic rings. The Morgan fingerprint density at radius 1 is 1.11 bits per heavy atom. The average Bonchev–Trinajstić information content (AvgIpc) is 3.57. The van der Waals surface area contributed by atoms with Gasteiger partial charge >= 0.3 is 0 Å². The van der Waals surface area contributed by atoms with Crippen molar-refractivity contribution >= 4 is 5.91 Å². The highest BCUT2D eigenvalue weighted by molar-refractivity contribution is 5.78. The molecule has 28 heavy (non-hydrogen) atoms. The van der Waals surface area contributed by atoms with Crippen LogP contribution in [0.15, 0.2) is 48.5 Å². The predicted molar refractivity (Wildman–Crippen MR) is 107 cm³/mol. The number of ether oxygens (including phenoxy) is 2. The van der Waals surface area contributed by atoms with E-state index >= 15 is 0 Å². The van der Waals surface area contributed by atoms with Crippen LogP contribution in [0, 0.1) is 17.2 Å². The molecule has 0 spiro atoms. The molecule has 5 nitrogen and oxygen atoms in total. The second-order valence-corrected chi connectivity index (χ2v) is 7.22. The van der Waals surface area contributed by atoms with Crippen molar-refractivity contribution in [3.63, 3.8) is 0 Å². The van der Waals surface area contributed by atoms with Crippen molar-refractivity contribution in [1.29, 1.82) is 5.26 Å². The first kappa shape index (κ1) is 19.8. The van der Waals surface area contributed by atoms with E-state index in [2.05, 4.69) is 13.0 Å². The van der Waals surface area contributed by atoms with Gasteiger partial charge in [0.1, 0.15) is 11.5 Å². The molecular formula is C23H26N2O3. The van der Waals surface area contributed by atoms with Crippen molar-refractivity contribution in [2.24, 2.45) is 5.92 Å². The summed E-state index contributed by atoms with van der Waals surface area (Å²) in [4.78, 5) is 14.8. The van der Waals surface area contributed by atoms with E-state index in [1.807, 2.05) is 41.3 Å². The van der Waals surface area contributed by atoms with Crippen LogP contribution < -0.4 is 9.47 Å². The molecule has 5 heteroatoms. The number of benzene rings is 2. The Morgan fingerprint density at radius 2 is 1.71 bits per heavy atom. The zero-order valence-electron chi connectivity index (χ0n) is 16.4. The number of hydrogen-bond donors (Lipinski definition) is 0. The SMILES string of the molecule is COc1ccc(CN(C(=O)COc2ccc(CC#N)cc2)[C@@H](C)C2CC2)cc1. The standard InChI is InChI=1S/C23H26N2O3/c1-17(20-7-8-20)25(15-19-5-9-21(27-2)10-6-19)23(26)16-28-22-11-3-18(4-12-22)13-14-24/h3-6,9-12,17,20H,7-8,13,15-16H2,1-2H3/t17-/m0/s1. The maximum Gasteiger partial charge on any atom is 0.261 e. The first-order valence-electron chi connectivity index (χ1n) is 9.62. The lowest BCUT2D eigenvalue weighted by Gasteiger charge is -2.29. The van der Waals surface area contributed by atoms with E-state index in [9.17, 15) is 4.79 Å². The van der Waals surface area contributed by atoms with E-state index in [4.69, 9.17) is 14.7 Å². The molecule has 0 aromatic heterocycles. The Bertz CT molecular complexity index is 820. The minimum Gasteiger partial charge on any atom is -0.497 e. The molecule has 0 saturated heterocycles. The number of nitrogens with zero attached hydrogens (tertiary/aromatic N) is 2. The smallest absolute Gasteiger partial charge is 0.261 e. The predicted octanol–water partition coefficient (Wildman–Crippen LogP) is 3.97. The highest BCUT2D eigenvalue weighted by Crippen LogP contribution is 2.35. The summed E-state index contributed by atoms with van der Waals surface area (Å²) in [6.07, 6.45) is 2.72. The number of methoxy groups -OCH3 is 1. The van der Waals surface area contributed by atoms with Crippen molar-refractivity contribution in [3.05, 3.63) is 59.7 Å². The van der Waals surface area contributed by atoms with Gasteiger partial charge < -0.3 is 14.4 Å². The summed E-state index contributed by atoms with van der Waals surface area (Å²) in [5.41, 5.74) is 2.01. The molecule has 1 saturated carbocycles. The van der Waals surface area contributed by atoms with Crippen molar-refractivity contribution in [3.8, 4) is 17.6 Å². The lowest BCUT2D eigenvalue weighted by atomic mass is 10.1. The quantitative estimate of drug-likeness (QED) is 0.662. The van der Waals surface area contributed by atoms with Gasteiger partial charge in [0.05, 0.1) is 19.6 Å². The molecule has 0 aliphatic heterocycles. The van der Waals surface area contributed by atoms with Gasteiger partial charge in [-0.2, -0.15) is 5.26 Å². The van der Waals surface area contributed by atoms with Gasteiger partial charge in [-0.25, -0.2) is 0 Å². The van der Waals surface area contributed by atoms with E-state index < -0.39 is 0 Å². The zero-order valence-corrected chi connectivity index (χ0v) is 16.4. The van der Waals surface area contributed by atoms with Gasteiger partial charge in [-0.1, -0.05) is 24.3 Å². The van der Waals surface area contributed by atoms with Gasteiger partial charge in [-0.05, 0) is 61.1 Å². The summed E-state index contributed by atoms with van der Waals surface area (Å²) in [5, 5.41) is 8.74. The zero-order chi connectivity index (χ0) is 19.9. The minimum atomic E-state index is -0.0173. The highest BCUT2D eigenvalue weighted by Gasteiger charge is 2.34. The Morgan fingerprint density at radius 3 is 2.29 bits per heavy atom.